The Labute approximate surface area is 505 Å². The van der Waals surface area contributed by atoms with Gasteiger partial charge in [0.25, 0.3) is 17.7 Å². The first-order valence-corrected chi connectivity index (χ1v) is 28.2. The number of carbonyl (C=O) groups is 7. The number of hydrogen-bond acceptors (Lipinski definition) is 14. The Morgan fingerprint density at radius 3 is 1.37 bits per heavy atom. The molecule has 3 aromatic carbocycles. The molecule has 82 heavy (non-hydrogen) atoms. The van der Waals surface area contributed by atoms with Gasteiger partial charge >= 0.3 is 53.6 Å². The molecule has 0 radical (unpaired) electrons. The van der Waals surface area contributed by atoms with Crippen LogP contribution in [0.4, 0.5) is 14.4 Å². The van der Waals surface area contributed by atoms with Crippen LogP contribution in [-0.2, 0) is 45.3 Å². The number of ether oxygens (including phenoxy) is 1. The van der Waals surface area contributed by atoms with Crippen LogP contribution in [0.2, 0.25) is 0 Å². The van der Waals surface area contributed by atoms with E-state index in [1.165, 1.54) is 16.7 Å². The number of nitrogens with one attached hydrogen (secondary N) is 3. The summed E-state index contributed by atoms with van der Waals surface area (Å²) in [7, 11) is 12.4. The molecular weight excluding hydrogens is 1060 g/mol. The molecule has 10 rings (SSSR count). The number of benzene rings is 3. The van der Waals surface area contributed by atoms with E-state index in [0.29, 0.717) is 64.2 Å². The van der Waals surface area contributed by atoms with Gasteiger partial charge in [0, 0.05) is 16.6 Å². The maximum atomic E-state index is 13.4. The van der Waals surface area contributed by atoms with Gasteiger partial charge in [-0.25, -0.2) is 20.7 Å². The summed E-state index contributed by atoms with van der Waals surface area (Å²) in [6.45, 7) is 4.69. The van der Waals surface area contributed by atoms with E-state index in [0.717, 1.165) is 41.9 Å². The van der Waals surface area contributed by atoms with Crippen LogP contribution in [-0.4, -0.2) is 178 Å². The van der Waals surface area contributed by atoms with E-state index in [2.05, 4.69) is 121 Å². The van der Waals surface area contributed by atoms with Crippen LogP contribution in [0.15, 0.2) is 91.0 Å². The average molecular weight is 1140 g/mol. The average Bonchev–Trinajstić information content (AvgIpc) is 4.08. The minimum Gasteiger partial charge on any atom is -0.870 e. The number of hydrogen-bond donors (Lipinski definition) is 4. The topological polar surface area (TPSA) is 252 Å². The molecule has 0 unspecified atom stereocenters. The van der Waals surface area contributed by atoms with Gasteiger partial charge in [0.05, 0.1) is 12.1 Å². The first-order chi connectivity index (χ1) is 37.8. The van der Waals surface area contributed by atoms with Gasteiger partial charge in [-0.1, -0.05) is 97.5 Å². The summed E-state index contributed by atoms with van der Waals surface area (Å²) in [6.07, 6.45) is 11.8. The Hall–Kier alpha value is -5.58. The summed E-state index contributed by atoms with van der Waals surface area (Å²) in [5.74, 6) is -1.40. The Balaban J connectivity index is 0.000000198. The summed E-state index contributed by atoms with van der Waals surface area (Å²) in [5.41, 5.74) is -1.03. The number of β-amino-alcohol motifs (C(OH)–C–C–N with tert-alkyl or cyclic N) is 1. The molecule has 0 aromatic heterocycles. The maximum absolute atomic E-state index is 13.4. The van der Waals surface area contributed by atoms with E-state index in [1.54, 1.807) is 32.0 Å². The quantitative estimate of drug-likeness (QED) is 0.0881. The number of aliphatic hydroxyl groups is 1. The van der Waals surface area contributed by atoms with Crippen molar-refractivity contribution in [1.82, 2.24) is 45.3 Å². The molecule has 0 bridgehead atoms. The fraction of sp³-hybridized carbons (Fsp3) is 0.574. The van der Waals surface area contributed by atoms with Crippen molar-refractivity contribution >= 4 is 48.1 Å². The van der Waals surface area contributed by atoms with Gasteiger partial charge in [-0.05, 0) is 176 Å². The number of imide groups is 3. The fourth-order valence-corrected chi connectivity index (χ4v) is 13.8. The number of nitrogens with zero attached hydrogens (tertiary/aromatic N) is 6. The van der Waals surface area contributed by atoms with E-state index in [9.17, 15) is 43.5 Å². The Morgan fingerprint density at radius 1 is 0.598 bits per heavy atom. The molecule has 0 atom stereocenters. The van der Waals surface area contributed by atoms with Crippen molar-refractivity contribution in [2.75, 3.05) is 61.9 Å². The van der Waals surface area contributed by atoms with E-state index in [1.807, 2.05) is 42.5 Å². The Bertz CT molecular complexity index is 2780. The molecule has 4 saturated carbocycles. The fourth-order valence-electron chi connectivity index (χ4n) is 13.8. The largest absolute Gasteiger partial charge is 1.00 e. The van der Waals surface area contributed by atoms with Gasteiger partial charge in [0.2, 0.25) is 0 Å². The molecule has 3 aromatic rings. The summed E-state index contributed by atoms with van der Waals surface area (Å²) in [6, 6.07) is 29.6. The van der Waals surface area contributed by atoms with Crippen molar-refractivity contribution in [3.8, 4) is 0 Å². The minimum atomic E-state index is -0.993. The molecule has 3 saturated heterocycles. The number of urea groups is 3. The number of carbonyl (C=O) groups excluding carboxylic acids is 8. The van der Waals surface area contributed by atoms with Crippen LogP contribution in [0.1, 0.15) is 134 Å². The second-order valence-electron chi connectivity index (χ2n) is 24.9. The van der Waals surface area contributed by atoms with E-state index >= 15 is 0 Å². The minimum absolute atomic E-state index is 0. The molecule has 9 amide bonds. The predicted molar refractivity (Wildman–Crippen MR) is 302 cm³/mol. The SMILES string of the molecule is CN(C)C1(c2ccccc2)CCC2(CC1)C(=O)N(C[C-]=O)C(=O)N2CC1(O)CCC1.CN(C)C1(c2ccccc2)CCC2(CC1)NC(=O)N(CC(=O)OC(C)(C)C)C2=O.CN(C)C1(c2ccccc2)CCC2(CC1)NC(=O)NC2=O.[Na+].[OH-]. The zero-order valence-electron chi connectivity index (χ0n) is 49.6. The normalized spacial score (nSPS) is 29.3. The van der Waals surface area contributed by atoms with Crippen LogP contribution in [0, 0.1) is 0 Å². The van der Waals surface area contributed by atoms with Crippen molar-refractivity contribution in [3.05, 3.63) is 108 Å². The van der Waals surface area contributed by atoms with E-state index in [-0.39, 0.29) is 95.0 Å². The van der Waals surface area contributed by atoms with Gasteiger partial charge in [-0.3, -0.25) is 49.0 Å². The molecule has 3 spiro atoms. The molecule has 3 aliphatic heterocycles. The predicted octanol–water partition coefficient (Wildman–Crippen LogP) is 3.12. The zero-order chi connectivity index (χ0) is 58.1. The molecular formula is C61H83N9NaO11-. The van der Waals surface area contributed by atoms with Gasteiger partial charge in [0.1, 0.15) is 28.8 Å². The van der Waals surface area contributed by atoms with Crippen LogP contribution >= 0.6 is 0 Å². The molecule has 7 fully saturated rings. The maximum Gasteiger partial charge on any atom is 1.00 e. The second-order valence-corrected chi connectivity index (χ2v) is 24.9. The molecule has 20 nitrogen and oxygen atoms in total. The van der Waals surface area contributed by atoms with Crippen molar-refractivity contribution in [3.63, 3.8) is 0 Å². The van der Waals surface area contributed by atoms with Gasteiger partial charge in [-0.2, -0.15) is 0 Å². The summed E-state index contributed by atoms with van der Waals surface area (Å²) >= 11 is 0. The standard InChI is InChI=1S/C23H30N3O4.C22H31N3O4.C16H21N3O2.Na.H2O/c1-24(2)22(18-7-4-3-5-8-18)11-13-23(14-12-22)19(28)25(15-16-27)20(29)26(23)17-21(30)9-6-10-21;1-20(2,3)29-17(26)15-25-18(27)21(23-19(25)28)11-13-22(14-12-21,24(4)5)16-9-7-6-8-10-16;1-19(2)16(12-6-4-3-5-7-12)10-8-15(9-11-16)13(20)17-14(21)18-15;;/h3-5,7-8,30H,6,9-15,17H2,1-2H3;6-10H,11-15H2,1-5H3,(H,23,28);3-7H,8-11H2,1-2H3,(H2,17,18,20,21);;1H2/q-1;;;+1;/p-1. The van der Waals surface area contributed by atoms with Crippen LogP contribution in [0.3, 0.4) is 0 Å². The first kappa shape index (κ1) is 65.6. The van der Waals surface area contributed by atoms with Gasteiger partial charge in [-0.15, -0.1) is 0 Å². The van der Waals surface area contributed by atoms with Crippen LogP contribution < -0.4 is 45.5 Å². The zero-order valence-corrected chi connectivity index (χ0v) is 51.6. The van der Waals surface area contributed by atoms with Crippen LogP contribution in [0.5, 0.6) is 0 Å². The third kappa shape index (κ3) is 12.5. The number of rotatable bonds is 12. The first-order valence-electron chi connectivity index (χ1n) is 28.2. The summed E-state index contributed by atoms with van der Waals surface area (Å²) in [5, 5.41) is 18.8. The molecule has 21 heteroatoms. The second kappa shape index (κ2) is 25.3. The van der Waals surface area contributed by atoms with Gasteiger partial charge < -0.3 is 35.6 Å². The van der Waals surface area contributed by atoms with Crippen molar-refractivity contribution in [1.29, 1.82) is 0 Å². The van der Waals surface area contributed by atoms with E-state index in [4.69, 9.17) is 4.74 Å². The van der Waals surface area contributed by atoms with E-state index < -0.39 is 45.9 Å². The summed E-state index contributed by atoms with van der Waals surface area (Å²) in [4.78, 5) is 109. The van der Waals surface area contributed by atoms with Crippen molar-refractivity contribution in [2.45, 2.75) is 162 Å². The van der Waals surface area contributed by atoms with Crippen molar-refractivity contribution in [2.24, 2.45) is 0 Å². The molecule has 440 valence electrons. The van der Waals surface area contributed by atoms with Crippen molar-refractivity contribution < 1.29 is 83.2 Å². The Kier molecular flexibility index (Phi) is 20.3. The molecule has 5 N–H and O–H groups in total. The number of esters is 1. The van der Waals surface area contributed by atoms with Crippen LogP contribution in [0.25, 0.3) is 0 Å². The third-order valence-corrected chi connectivity index (χ3v) is 18.8. The smallest absolute Gasteiger partial charge is 0.870 e. The summed E-state index contributed by atoms with van der Waals surface area (Å²) < 4.78 is 5.27. The Morgan fingerprint density at radius 2 is 1.01 bits per heavy atom. The molecule has 3 heterocycles. The molecule has 4 aliphatic carbocycles. The third-order valence-electron chi connectivity index (χ3n) is 18.8. The number of amides is 9. The monoisotopic (exact) mass is 1140 g/mol. The molecule has 7 aliphatic rings. The van der Waals surface area contributed by atoms with Gasteiger partial charge in [0.15, 0.2) is 0 Å².